The van der Waals surface area contributed by atoms with Crippen LogP contribution in [-0.4, -0.2) is 51.4 Å². The Morgan fingerprint density at radius 3 is 2.48 bits per heavy atom. The van der Waals surface area contributed by atoms with Crippen LogP contribution in [0.4, 0.5) is 0 Å². The number of aromatic nitrogens is 2. The first-order chi connectivity index (χ1) is 15.2. The molecule has 0 radical (unpaired) electrons. The third kappa shape index (κ3) is 4.74. The Morgan fingerprint density at radius 1 is 0.968 bits per heavy atom. The topological polar surface area (TPSA) is 69.3 Å². The number of hydrogen-bond donors (Lipinski definition) is 1. The lowest BCUT2D eigenvalue weighted by molar-refractivity contribution is -0.131. The molecule has 0 unspecified atom stereocenters. The maximum Gasteiger partial charge on any atom is 0.254 e. The average Bonchev–Trinajstić information content (AvgIpc) is 3.31. The highest BCUT2D eigenvalue weighted by Crippen LogP contribution is 2.31. The normalized spacial score (nSPS) is 26.2. The number of likely N-dealkylation sites (tertiary alicyclic amines) is 1. The molecular formula is C25H38N4O2. The molecule has 1 saturated heterocycles. The highest BCUT2D eigenvalue weighted by molar-refractivity contribution is 5.76. The minimum Gasteiger partial charge on any atom is -0.342 e. The number of hydrogen-bond acceptors (Lipinski definition) is 4. The first kappa shape index (κ1) is 21.2. The fourth-order valence-corrected chi connectivity index (χ4v) is 6.41. The number of nitrogens with one attached hydrogen (secondary N) is 1. The third-order valence-corrected chi connectivity index (χ3v) is 8.33. The Morgan fingerprint density at radius 2 is 1.71 bits per heavy atom. The highest BCUT2D eigenvalue weighted by Gasteiger charge is 2.32. The van der Waals surface area contributed by atoms with Crippen molar-refractivity contribution >= 4 is 5.91 Å². The van der Waals surface area contributed by atoms with Gasteiger partial charge >= 0.3 is 0 Å². The molecule has 2 saturated carbocycles. The van der Waals surface area contributed by atoms with Crippen LogP contribution in [0, 0.1) is 5.92 Å². The molecule has 0 spiro atoms. The SMILES string of the molecule is O=C(CC1CCCCC1)N1CC[C@@H](c2nc3c(c(=O)[nH]2)CCN(C2CCCCC2)C3)C1. The molecule has 2 aliphatic carbocycles. The lowest BCUT2D eigenvalue weighted by Gasteiger charge is -2.37. The smallest absolute Gasteiger partial charge is 0.254 e. The van der Waals surface area contributed by atoms with Crippen LogP contribution in [0.15, 0.2) is 4.79 Å². The molecular weight excluding hydrogens is 388 g/mol. The summed E-state index contributed by atoms with van der Waals surface area (Å²) in [4.78, 5) is 38.3. The van der Waals surface area contributed by atoms with E-state index in [2.05, 4.69) is 9.88 Å². The summed E-state index contributed by atoms with van der Waals surface area (Å²) in [5.74, 6) is 1.85. The second kappa shape index (κ2) is 9.43. The summed E-state index contributed by atoms with van der Waals surface area (Å²) in [5, 5.41) is 0. The molecule has 0 bridgehead atoms. The first-order valence-corrected chi connectivity index (χ1v) is 12.8. The van der Waals surface area contributed by atoms with Gasteiger partial charge in [-0.3, -0.25) is 14.5 Å². The maximum absolute atomic E-state index is 12.8. The molecule has 1 N–H and O–H groups in total. The molecule has 170 valence electrons. The summed E-state index contributed by atoms with van der Waals surface area (Å²) in [5.41, 5.74) is 1.93. The van der Waals surface area contributed by atoms with Gasteiger partial charge in [0.15, 0.2) is 0 Å². The summed E-state index contributed by atoms with van der Waals surface area (Å²) in [6.07, 6.45) is 15.3. The van der Waals surface area contributed by atoms with E-state index in [1.54, 1.807) is 0 Å². The fourth-order valence-electron chi connectivity index (χ4n) is 6.41. The lowest BCUT2D eigenvalue weighted by Crippen LogP contribution is -2.42. The van der Waals surface area contributed by atoms with E-state index >= 15 is 0 Å². The zero-order chi connectivity index (χ0) is 21.2. The van der Waals surface area contributed by atoms with Crippen molar-refractivity contribution in [2.75, 3.05) is 19.6 Å². The van der Waals surface area contributed by atoms with Gasteiger partial charge in [-0.2, -0.15) is 0 Å². The molecule has 6 nitrogen and oxygen atoms in total. The van der Waals surface area contributed by atoms with E-state index in [9.17, 15) is 9.59 Å². The predicted molar refractivity (Wildman–Crippen MR) is 121 cm³/mol. The minimum atomic E-state index is 0.0512. The molecule has 2 aliphatic heterocycles. The molecule has 3 fully saturated rings. The van der Waals surface area contributed by atoms with Gasteiger partial charge in [0.1, 0.15) is 5.82 Å². The van der Waals surface area contributed by atoms with E-state index in [1.165, 1.54) is 64.2 Å². The number of rotatable bonds is 4. The largest absolute Gasteiger partial charge is 0.342 e. The Labute approximate surface area is 185 Å². The Balaban J connectivity index is 1.24. The number of fused-ring (bicyclic) bond motifs is 1. The zero-order valence-corrected chi connectivity index (χ0v) is 18.9. The number of nitrogens with zero attached hydrogens (tertiary/aromatic N) is 3. The van der Waals surface area contributed by atoms with Crippen molar-refractivity contribution in [2.45, 2.75) is 102 Å². The van der Waals surface area contributed by atoms with Crippen molar-refractivity contribution in [2.24, 2.45) is 5.92 Å². The molecule has 31 heavy (non-hydrogen) atoms. The van der Waals surface area contributed by atoms with Crippen LogP contribution in [0.1, 0.15) is 100 Å². The standard InChI is InChI=1S/C25H38N4O2/c30-23(15-18-7-3-1-4-8-18)29-13-11-19(16-29)24-26-22-17-28(20-9-5-2-6-10-20)14-12-21(22)25(31)27-24/h18-20H,1-17H2,(H,26,27,31)/t19-/m1/s1. The number of amides is 1. The van der Waals surface area contributed by atoms with E-state index in [0.29, 0.717) is 30.8 Å². The van der Waals surface area contributed by atoms with Crippen molar-refractivity contribution in [1.82, 2.24) is 19.8 Å². The van der Waals surface area contributed by atoms with Crippen LogP contribution in [0.3, 0.4) is 0 Å². The van der Waals surface area contributed by atoms with E-state index in [-0.39, 0.29) is 11.5 Å². The third-order valence-electron chi connectivity index (χ3n) is 8.33. The molecule has 5 rings (SSSR count). The van der Waals surface area contributed by atoms with E-state index in [0.717, 1.165) is 49.6 Å². The van der Waals surface area contributed by atoms with Crippen LogP contribution in [0.5, 0.6) is 0 Å². The van der Waals surface area contributed by atoms with Crippen molar-refractivity contribution in [3.63, 3.8) is 0 Å². The van der Waals surface area contributed by atoms with Gasteiger partial charge in [-0.05, 0) is 44.4 Å². The van der Waals surface area contributed by atoms with E-state index in [1.807, 2.05) is 4.90 Å². The zero-order valence-electron chi connectivity index (χ0n) is 18.9. The van der Waals surface area contributed by atoms with Crippen LogP contribution in [0.25, 0.3) is 0 Å². The Hall–Kier alpha value is -1.69. The minimum absolute atomic E-state index is 0.0512. The van der Waals surface area contributed by atoms with Gasteiger partial charge < -0.3 is 9.88 Å². The predicted octanol–water partition coefficient (Wildman–Crippen LogP) is 3.75. The summed E-state index contributed by atoms with van der Waals surface area (Å²) < 4.78 is 0. The second-order valence-electron chi connectivity index (χ2n) is 10.4. The van der Waals surface area contributed by atoms with Gasteiger partial charge in [-0.15, -0.1) is 0 Å². The summed E-state index contributed by atoms with van der Waals surface area (Å²) in [7, 11) is 0. The molecule has 1 atom stereocenters. The van der Waals surface area contributed by atoms with Crippen LogP contribution in [-0.2, 0) is 17.8 Å². The molecule has 3 heterocycles. The summed E-state index contributed by atoms with van der Waals surface area (Å²) in [6, 6.07) is 0.658. The van der Waals surface area contributed by atoms with Gasteiger partial charge in [0.25, 0.3) is 5.56 Å². The molecule has 1 amide bonds. The molecule has 1 aromatic rings. The van der Waals surface area contributed by atoms with Crippen molar-refractivity contribution in [3.8, 4) is 0 Å². The summed E-state index contributed by atoms with van der Waals surface area (Å²) >= 11 is 0. The first-order valence-electron chi connectivity index (χ1n) is 12.8. The van der Waals surface area contributed by atoms with Gasteiger partial charge in [0.2, 0.25) is 5.91 Å². The van der Waals surface area contributed by atoms with Gasteiger partial charge in [0, 0.05) is 50.1 Å². The van der Waals surface area contributed by atoms with Crippen molar-refractivity contribution < 1.29 is 4.79 Å². The van der Waals surface area contributed by atoms with Crippen LogP contribution >= 0.6 is 0 Å². The Bertz CT molecular complexity index is 838. The van der Waals surface area contributed by atoms with Crippen LogP contribution in [0.2, 0.25) is 0 Å². The quantitative estimate of drug-likeness (QED) is 0.796. The summed E-state index contributed by atoms with van der Waals surface area (Å²) in [6.45, 7) is 3.30. The number of carbonyl (C=O) groups excluding carboxylic acids is 1. The average molecular weight is 427 g/mol. The highest BCUT2D eigenvalue weighted by atomic mass is 16.2. The second-order valence-corrected chi connectivity index (χ2v) is 10.4. The molecule has 4 aliphatic rings. The number of aromatic amines is 1. The van der Waals surface area contributed by atoms with Crippen molar-refractivity contribution in [3.05, 3.63) is 27.4 Å². The molecule has 6 heteroatoms. The van der Waals surface area contributed by atoms with Gasteiger partial charge in [-0.25, -0.2) is 4.98 Å². The maximum atomic E-state index is 12.8. The molecule has 0 aromatic carbocycles. The van der Waals surface area contributed by atoms with Crippen molar-refractivity contribution in [1.29, 1.82) is 0 Å². The Kier molecular flexibility index (Phi) is 6.44. The van der Waals surface area contributed by atoms with E-state index in [4.69, 9.17) is 4.98 Å². The van der Waals surface area contributed by atoms with Crippen LogP contribution < -0.4 is 5.56 Å². The van der Waals surface area contributed by atoms with Gasteiger partial charge in [0.05, 0.1) is 5.69 Å². The van der Waals surface area contributed by atoms with E-state index < -0.39 is 0 Å². The van der Waals surface area contributed by atoms with Gasteiger partial charge in [-0.1, -0.05) is 38.5 Å². The molecule has 1 aromatic heterocycles. The lowest BCUT2D eigenvalue weighted by atomic mass is 9.87. The number of H-pyrrole nitrogens is 1. The number of carbonyl (C=O) groups is 1. The fraction of sp³-hybridized carbons (Fsp3) is 0.800. The monoisotopic (exact) mass is 426 g/mol.